The van der Waals surface area contributed by atoms with Gasteiger partial charge in [-0.05, 0) is 19.1 Å². The second-order valence-corrected chi connectivity index (χ2v) is 6.58. The Bertz CT molecular complexity index is 554. The van der Waals surface area contributed by atoms with Gasteiger partial charge in [-0.25, -0.2) is 0 Å². The Morgan fingerprint density at radius 1 is 1.42 bits per heavy atom. The van der Waals surface area contributed by atoms with Crippen LogP contribution in [-0.2, 0) is 20.9 Å². The first kappa shape index (κ1) is 17.0. The Morgan fingerprint density at radius 2 is 2.21 bits per heavy atom. The van der Waals surface area contributed by atoms with Gasteiger partial charge in [0.15, 0.2) is 0 Å². The van der Waals surface area contributed by atoms with Crippen molar-refractivity contribution in [3.8, 4) is 0 Å². The molecule has 2 aliphatic rings. The zero-order chi connectivity index (χ0) is 16.9. The molecule has 0 radical (unpaired) electrons. The van der Waals surface area contributed by atoms with E-state index in [4.69, 9.17) is 9.15 Å². The Kier molecular flexibility index (Phi) is 5.52. The molecule has 1 aromatic rings. The molecule has 1 aromatic heterocycles. The molecule has 2 fully saturated rings. The molecule has 3 rings (SSSR count). The van der Waals surface area contributed by atoms with Gasteiger partial charge in [0, 0.05) is 38.6 Å². The number of morpholine rings is 1. The molecule has 2 amide bonds. The fraction of sp³-hybridized carbons (Fsp3) is 0.647. The summed E-state index contributed by atoms with van der Waals surface area (Å²) in [5.74, 6) is 0.433. The number of likely N-dealkylation sites (tertiary alicyclic amines) is 1. The van der Waals surface area contributed by atoms with Crippen LogP contribution in [0.15, 0.2) is 22.8 Å². The monoisotopic (exact) mass is 335 g/mol. The highest BCUT2D eigenvalue weighted by molar-refractivity contribution is 5.89. The molecular weight excluding hydrogens is 310 g/mol. The van der Waals surface area contributed by atoms with Crippen molar-refractivity contribution in [3.05, 3.63) is 24.2 Å². The predicted molar refractivity (Wildman–Crippen MR) is 87.1 cm³/mol. The maximum absolute atomic E-state index is 12.4. The summed E-state index contributed by atoms with van der Waals surface area (Å²) in [5, 5.41) is 3.05. The van der Waals surface area contributed by atoms with Gasteiger partial charge in [-0.3, -0.25) is 14.5 Å². The van der Waals surface area contributed by atoms with Crippen LogP contribution in [0, 0.1) is 5.92 Å². The Labute approximate surface area is 141 Å². The SMILES string of the molecule is C[C@H](CN1CCOCC1)NC(=O)[C@@H]1CC(=O)N(Cc2ccco2)C1. The molecule has 0 spiro atoms. The highest BCUT2D eigenvalue weighted by Gasteiger charge is 2.35. The largest absolute Gasteiger partial charge is 0.467 e. The van der Waals surface area contributed by atoms with Crippen LogP contribution in [-0.4, -0.2) is 67.0 Å². The molecule has 7 nitrogen and oxygen atoms in total. The van der Waals surface area contributed by atoms with Gasteiger partial charge in [-0.15, -0.1) is 0 Å². The number of hydrogen-bond acceptors (Lipinski definition) is 5. The Hall–Kier alpha value is -1.86. The molecule has 0 aromatic carbocycles. The van der Waals surface area contributed by atoms with Crippen molar-refractivity contribution in [1.82, 2.24) is 15.1 Å². The third kappa shape index (κ3) is 4.36. The van der Waals surface area contributed by atoms with E-state index in [1.54, 1.807) is 17.2 Å². The summed E-state index contributed by atoms with van der Waals surface area (Å²) in [6.45, 7) is 7.00. The van der Waals surface area contributed by atoms with Gasteiger partial charge in [0.1, 0.15) is 5.76 Å². The highest BCUT2D eigenvalue weighted by atomic mass is 16.5. The van der Waals surface area contributed by atoms with E-state index in [0.717, 1.165) is 38.6 Å². The van der Waals surface area contributed by atoms with E-state index in [0.29, 0.717) is 13.1 Å². The molecule has 2 aliphatic heterocycles. The van der Waals surface area contributed by atoms with Crippen LogP contribution in [0.1, 0.15) is 19.1 Å². The standard InChI is InChI=1S/C17H25N3O4/c1-13(10-19-4-7-23-8-5-19)18-17(22)14-9-16(21)20(11-14)12-15-3-2-6-24-15/h2-3,6,13-14H,4-5,7-12H2,1H3,(H,18,22)/t13-,14-/m1/s1. The van der Waals surface area contributed by atoms with Gasteiger partial charge in [0.2, 0.25) is 11.8 Å². The van der Waals surface area contributed by atoms with Crippen molar-refractivity contribution in [2.24, 2.45) is 5.92 Å². The zero-order valence-corrected chi connectivity index (χ0v) is 14.1. The second-order valence-electron chi connectivity index (χ2n) is 6.58. The van der Waals surface area contributed by atoms with Gasteiger partial charge in [-0.1, -0.05) is 0 Å². The maximum atomic E-state index is 12.4. The molecule has 7 heteroatoms. The lowest BCUT2D eigenvalue weighted by Crippen LogP contribution is -2.47. The van der Waals surface area contributed by atoms with Crippen LogP contribution in [0.2, 0.25) is 0 Å². The fourth-order valence-corrected chi connectivity index (χ4v) is 3.27. The van der Waals surface area contributed by atoms with Crippen LogP contribution in [0.3, 0.4) is 0 Å². The minimum absolute atomic E-state index is 0.00684. The van der Waals surface area contributed by atoms with E-state index < -0.39 is 0 Å². The van der Waals surface area contributed by atoms with E-state index in [-0.39, 0.29) is 30.2 Å². The number of nitrogens with zero attached hydrogens (tertiary/aromatic N) is 2. The highest BCUT2D eigenvalue weighted by Crippen LogP contribution is 2.20. The molecule has 2 atom stereocenters. The van der Waals surface area contributed by atoms with Crippen molar-refractivity contribution in [2.45, 2.75) is 25.9 Å². The number of ether oxygens (including phenoxy) is 1. The number of amides is 2. The van der Waals surface area contributed by atoms with Gasteiger partial charge in [0.25, 0.3) is 0 Å². The Morgan fingerprint density at radius 3 is 2.92 bits per heavy atom. The summed E-state index contributed by atoms with van der Waals surface area (Å²) in [4.78, 5) is 28.5. The van der Waals surface area contributed by atoms with Gasteiger partial charge >= 0.3 is 0 Å². The van der Waals surface area contributed by atoms with Crippen molar-refractivity contribution in [1.29, 1.82) is 0 Å². The number of hydrogen-bond donors (Lipinski definition) is 1. The average molecular weight is 335 g/mol. The number of nitrogens with one attached hydrogen (secondary N) is 1. The first-order valence-corrected chi connectivity index (χ1v) is 8.52. The molecule has 0 unspecified atom stereocenters. The molecule has 0 bridgehead atoms. The summed E-state index contributed by atoms with van der Waals surface area (Å²) >= 11 is 0. The van der Waals surface area contributed by atoms with E-state index in [1.807, 2.05) is 13.0 Å². The second kappa shape index (κ2) is 7.81. The topological polar surface area (TPSA) is 75.0 Å². The number of furan rings is 1. The van der Waals surface area contributed by atoms with Gasteiger partial charge in [0.05, 0.1) is 31.9 Å². The maximum Gasteiger partial charge on any atom is 0.225 e. The quantitative estimate of drug-likeness (QED) is 0.818. The van der Waals surface area contributed by atoms with Gasteiger partial charge < -0.3 is 19.4 Å². The van der Waals surface area contributed by atoms with Gasteiger partial charge in [-0.2, -0.15) is 0 Å². The Balaban J connectivity index is 1.45. The van der Waals surface area contributed by atoms with E-state index >= 15 is 0 Å². The third-order valence-electron chi connectivity index (χ3n) is 4.54. The predicted octanol–water partition coefficient (Wildman–Crippen LogP) is 0.465. The van der Waals surface area contributed by atoms with E-state index in [9.17, 15) is 9.59 Å². The van der Waals surface area contributed by atoms with Crippen LogP contribution in [0.4, 0.5) is 0 Å². The lowest BCUT2D eigenvalue weighted by Gasteiger charge is -2.29. The summed E-state index contributed by atoms with van der Waals surface area (Å²) in [7, 11) is 0. The third-order valence-corrected chi connectivity index (χ3v) is 4.54. The molecule has 2 saturated heterocycles. The van der Waals surface area contributed by atoms with Crippen LogP contribution in [0.5, 0.6) is 0 Å². The first-order chi connectivity index (χ1) is 11.6. The number of rotatable bonds is 6. The van der Waals surface area contributed by atoms with Crippen molar-refractivity contribution < 1.29 is 18.7 Å². The smallest absolute Gasteiger partial charge is 0.225 e. The van der Waals surface area contributed by atoms with Crippen LogP contribution in [0.25, 0.3) is 0 Å². The van der Waals surface area contributed by atoms with E-state index in [2.05, 4.69) is 10.2 Å². The minimum Gasteiger partial charge on any atom is -0.467 e. The molecule has 24 heavy (non-hydrogen) atoms. The number of carbonyl (C=O) groups is 2. The average Bonchev–Trinajstić information content (AvgIpc) is 3.19. The van der Waals surface area contributed by atoms with Crippen molar-refractivity contribution in [3.63, 3.8) is 0 Å². The van der Waals surface area contributed by atoms with Crippen LogP contribution < -0.4 is 5.32 Å². The van der Waals surface area contributed by atoms with Crippen molar-refractivity contribution in [2.75, 3.05) is 39.4 Å². The summed E-state index contributed by atoms with van der Waals surface area (Å²) in [5.41, 5.74) is 0. The summed E-state index contributed by atoms with van der Waals surface area (Å²) in [6, 6.07) is 3.70. The fourth-order valence-electron chi connectivity index (χ4n) is 3.27. The normalized spacial score (nSPS) is 23.5. The molecule has 3 heterocycles. The lowest BCUT2D eigenvalue weighted by molar-refractivity contribution is -0.129. The van der Waals surface area contributed by atoms with Crippen molar-refractivity contribution >= 4 is 11.8 Å². The molecular formula is C17H25N3O4. The molecule has 132 valence electrons. The van der Waals surface area contributed by atoms with E-state index in [1.165, 1.54) is 0 Å². The first-order valence-electron chi connectivity index (χ1n) is 8.52. The summed E-state index contributed by atoms with van der Waals surface area (Å²) in [6.07, 6.45) is 1.87. The lowest BCUT2D eigenvalue weighted by atomic mass is 10.1. The molecule has 1 N–H and O–H groups in total. The van der Waals surface area contributed by atoms with Crippen LogP contribution >= 0.6 is 0 Å². The zero-order valence-electron chi connectivity index (χ0n) is 14.1. The molecule has 0 saturated carbocycles. The minimum atomic E-state index is -0.278. The summed E-state index contributed by atoms with van der Waals surface area (Å²) < 4.78 is 10.6. The number of carbonyl (C=O) groups excluding carboxylic acids is 2. The molecule has 0 aliphatic carbocycles.